The second-order valence-electron chi connectivity index (χ2n) is 3.59. The van der Waals surface area contributed by atoms with Crippen LogP contribution < -0.4 is 21.7 Å². The zero-order chi connectivity index (χ0) is 11.4. The van der Waals surface area contributed by atoms with Crippen molar-refractivity contribution in [3.05, 3.63) is 65.5 Å². The van der Waals surface area contributed by atoms with E-state index >= 15 is 0 Å². The number of aryl methyl sites for hydroxylation is 1. The van der Waals surface area contributed by atoms with Crippen molar-refractivity contribution in [1.82, 2.24) is 0 Å². The molecule has 18 heavy (non-hydrogen) atoms. The van der Waals surface area contributed by atoms with Gasteiger partial charge in [-0.1, -0.05) is 30.3 Å². The van der Waals surface area contributed by atoms with E-state index in [0.717, 1.165) is 5.56 Å². The van der Waals surface area contributed by atoms with Gasteiger partial charge in [-0.15, -0.1) is 12.1 Å². The number of ether oxygens (including phenoxy) is 1. The van der Waals surface area contributed by atoms with Gasteiger partial charge in [-0.3, -0.25) is 0 Å². The molecule has 2 aromatic carbocycles. The van der Waals surface area contributed by atoms with E-state index in [2.05, 4.69) is 6.07 Å². The van der Waals surface area contributed by atoms with Crippen LogP contribution in [0.2, 0.25) is 0 Å². The van der Waals surface area contributed by atoms with Crippen LogP contribution in [-0.4, -0.2) is 23.1 Å². The molecular weight excluding hydrogens is 307 g/mol. The second kappa shape index (κ2) is 8.51. The summed E-state index contributed by atoms with van der Waals surface area (Å²) in [5, 5.41) is 0. The SMILES string of the molecule is Cc1ccccc1COc1[c-]ccc(F)c1.[Br-].[Mg+2]. The first kappa shape index (κ1) is 17.4. The molecule has 0 atom stereocenters. The Balaban J connectivity index is 0.00000144. The molecule has 2 rings (SSSR count). The van der Waals surface area contributed by atoms with Gasteiger partial charge in [-0.25, -0.2) is 4.39 Å². The van der Waals surface area contributed by atoms with Gasteiger partial charge < -0.3 is 21.7 Å². The minimum absolute atomic E-state index is 0. The summed E-state index contributed by atoms with van der Waals surface area (Å²) in [7, 11) is 0. The van der Waals surface area contributed by atoms with E-state index in [1.54, 1.807) is 0 Å². The van der Waals surface area contributed by atoms with Crippen molar-refractivity contribution in [3.63, 3.8) is 0 Å². The average molecular weight is 319 g/mol. The van der Waals surface area contributed by atoms with Gasteiger partial charge in [0, 0.05) is 11.6 Å². The Morgan fingerprint density at radius 2 is 1.94 bits per heavy atom. The zero-order valence-corrected chi connectivity index (χ0v) is 13.1. The summed E-state index contributed by atoms with van der Waals surface area (Å²) in [5.74, 6) is 0.127. The monoisotopic (exact) mass is 318 g/mol. The van der Waals surface area contributed by atoms with Gasteiger partial charge in [-0.2, -0.15) is 6.07 Å². The zero-order valence-electron chi connectivity index (χ0n) is 10.1. The number of hydrogen-bond acceptors (Lipinski definition) is 1. The Morgan fingerprint density at radius 1 is 1.22 bits per heavy atom. The molecule has 0 N–H and O–H groups in total. The molecule has 0 bridgehead atoms. The molecule has 0 unspecified atom stereocenters. The Morgan fingerprint density at radius 3 is 2.61 bits per heavy atom. The van der Waals surface area contributed by atoms with Gasteiger partial charge in [0.1, 0.15) is 6.61 Å². The third-order valence-electron chi connectivity index (χ3n) is 2.38. The third-order valence-corrected chi connectivity index (χ3v) is 2.38. The average Bonchev–Trinajstić information content (AvgIpc) is 2.28. The maximum absolute atomic E-state index is 12.9. The van der Waals surface area contributed by atoms with Gasteiger partial charge in [0.25, 0.3) is 0 Å². The first-order chi connectivity index (χ1) is 7.75. The van der Waals surface area contributed by atoms with E-state index < -0.39 is 0 Å². The fourth-order valence-electron chi connectivity index (χ4n) is 1.43. The normalized spacial score (nSPS) is 9.00. The van der Waals surface area contributed by atoms with Crippen molar-refractivity contribution in [2.24, 2.45) is 0 Å². The number of halogens is 2. The summed E-state index contributed by atoms with van der Waals surface area (Å²) in [4.78, 5) is 0. The predicted molar refractivity (Wildman–Crippen MR) is 66.5 cm³/mol. The van der Waals surface area contributed by atoms with E-state index in [1.165, 1.54) is 23.8 Å². The Hall–Kier alpha value is -0.584. The first-order valence-corrected chi connectivity index (χ1v) is 5.10. The fourth-order valence-corrected chi connectivity index (χ4v) is 1.43. The van der Waals surface area contributed by atoms with Gasteiger partial charge in [-0.05, 0) is 18.1 Å². The summed E-state index contributed by atoms with van der Waals surface area (Å²) < 4.78 is 18.3. The predicted octanol–water partition coefficient (Wildman–Crippen LogP) is 0.137. The molecule has 4 heteroatoms. The summed E-state index contributed by atoms with van der Waals surface area (Å²) >= 11 is 0. The summed E-state index contributed by atoms with van der Waals surface area (Å²) in [6.07, 6.45) is 0. The molecule has 0 aromatic heterocycles. The van der Waals surface area contributed by atoms with Crippen molar-refractivity contribution < 1.29 is 26.1 Å². The van der Waals surface area contributed by atoms with Crippen LogP contribution in [0.4, 0.5) is 4.39 Å². The molecule has 0 saturated carbocycles. The van der Waals surface area contributed by atoms with Gasteiger partial charge in [0.05, 0.1) is 0 Å². The maximum Gasteiger partial charge on any atom is 2.00 e. The van der Waals surface area contributed by atoms with Crippen LogP contribution in [0.3, 0.4) is 0 Å². The van der Waals surface area contributed by atoms with Crippen LogP contribution in [0.15, 0.2) is 42.5 Å². The van der Waals surface area contributed by atoms with Crippen molar-refractivity contribution in [1.29, 1.82) is 0 Å². The van der Waals surface area contributed by atoms with Crippen molar-refractivity contribution in [2.45, 2.75) is 13.5 Å². The first-order valence-electron chi connectivity index (χ1n) is 5.10. The molecule has 2 aromatic rings. The van der Waals surface area contributed by atoms with E-state index in [9.17, 15) is 4.39 Å². The van der Waals surface area contributed by atoms with Crippen LogP contribution >= 0.6 is 0 Å². The molecule has 0 spiro atoms. The van der Waals surface area contributed by atoms with E-state index in [4.69, 9.17) is 4.74 Å². The molecular formula is C14H12BrFMgO. The third kappa shape index (κ3) is 4.96. The van der Waals surface area contributed by atoms with Crippen molar-refractivity contribution >= 4 is 23.1 Å². The maximum atomic E-state index is 12.9. The molecule has 90 valence electrons. The van der Waals surface area contributed by atoms with Crippen LogP contribution in [0, 0.1) is 18.8 Å². The van der Waals surface area contributed by atoms with Gasteiger partial charge >= 0.3 is 23.1 Å². The minimum atomic E-state index is -0.307. The standard InChI is InChI=1S/C14H12FO.BrH.Mg/c1-11-5-2-3-6-12(11)10-16-14-8-4-7-13(15)9-14;;/h2-7,9H,10H2,1H3;1H;/q-1;;+2/p-1. The second-order valence-corrected chi connectivity index (χ2v) is 3.59. The van der Waals surface area contributed by atoms with E-state index in [-0.39, 0.29) is 45.9 Å². The molecule has 0 radical (unpaired) electrons. The van der Waals surface area contributed by atoms with Crippen molar-refractivity contribution in [2.75, 3.05) is 0 Å². The molecule has 0 aliphatic carbocycles. The molecule has 0 aliphatic rings. The van der Waals surface area contributed by atoms with E-state index in [1.807, 2.05) is 31.2 Å². The molecule has 0 aliphatic heterocycles. The van der Waals surface area contributed by atoms with Crippen molar-refractivity contribution in [3.8, 4) is 5.75 Å². The number of benzene rings is 2. The number of rotatable bonds is 3. The van der Waals surface area contributed by atoms with Crippen LogP contribution in [0.1, 0.15) is 11.1 Å². The minimum Gasteiger partial charge on any atom is -1.00 e. The Bertz CT molecular complexity index is 491. The quantitative estimate of drug-likeness (QED) is 0.578. The smallest absolute Gasteiger partial charge is 1.00 e. The Kier molecular flexibility index (Phi) is 8.23. The largest absolute Gasteiger partial charge is 2.00 e. The summed E-state index contributed by atoms with van der Waals surface area (Å²) in [6, 6.07) is 15.0. The fraction of sp³-hybridized carbons (Fsp3) is 0.143. The molecule has 0 heterocycles. The van der Waals surface area contributed by atoms with Gasteiger partial charge in [0.2, 0.25) is 0 Å². The summed E-state index contributed by atoms with van der Waals surface area (Å²) in [6.45, 7) is 2.46. The molecule has 1 nitrogen and oxygen atoms in total. The van der Waals surface area contributed by atoms with Crippen LogP contribution in [0.25, 0.3) is 0 Å². The molecule has 0 saturated heterocycles. The molecule has 0 fully saturated rings. The topological polar surface area (TPSA) is 9.23 Å². The van der Waals surface area contributed by atoms with E-state index in [0.29, 0.717) is 12.4 Å². The number of hydrogen-bond donors (Lipinski definition) is 0. The van der Waals surface area contributed by atoms with Gasteiger partial charge in [0.15, 0.2) is 0 Å². The van der Waals surface area contributed by atoms with Crippen LogP contribution in [-0.2, 0) is 6.61 Å². The van der Waals surface area contributed by atoms with Crippen LogP contribution in [0.5, 0.6) is 5.75 Å². The molecule has 0 amide bonds. The Labute approximate surface area is 133 Å². The summed E-state index contributed by atoms with van der Waals surface area (Å²) in [5.41, 5.74) is 2.26.